The van der Waals surface area contributed by atoms with E-state index in [4.69, 9.17) is 9.47 Å². The van der Waals surface area contributed by atoms with E-state index in [1.807, 2.05) is 32.0 Å². The molecule has 4 aromatic carbocycles. The Morgan fingerprint density at radius 3 is 2.40 bits per heavy atom. The third kappa shape index (κ3) is 8.75. The summed E-state index contributed by atoms with van der Waals surface area (Å²) in [5.41, 5.74) is 6.01. The third-order valence-corrected chi connectivity index (χ3v) is 7.90. The molecular weight excluding hydrogens is 564 g/mol. The van der Waals surface area contributed by atoms with Gasteiger partial charge in [-0.1, -0.05) is 66.2 Å². The maximum absolute atomic E-state index is 13.1. The van der Waals surface area contributed by atoms with E-state index in [1.54, 1.807) is 66.7 Å². The first-order valence-corrected chi connectivity index (χ1v) is 15.1. The van der Waals surface area contributed by atoms with E-state index < -0.39 is 22.0 Å². The Morgan fingerprint density at radius 1 is 0.953 bits per heavy atom. The van der Waals surface area contributed by atoms with E-state index in [9.17, 15) is 18.5 Å². The van der Waals surface area contributed by atoms with Crippen LogP contribution >= 0.6 is 0 Å². The molecule has 0 aliphatic heterocycles. The summed E-state index contributed by atoms with van der Waals surface area (Å²) in [6, 6.07) is 29.2. The normalized spacial score (nSPS) is 11.9. The Morgan fingerprint density at radius 2 is 1.67 bits per heavy atom. The number of hydrogen-bond donors (Lipinski definition) is 2. The first-order chi connectivity index (χ1) is 20.8. The van der Waals surface area contributed by atoms with Crippen LogP contribution in [0.4, 0.5) is 0 Å². The summed E-state index contributed by atoms with van der Waals surface area (Å²) >= 11 is 0. The molecule has 4 aromatic rings. The second-order valence-electron chi connectivity index (χ2n) is 9.59. The monoisotopic (exact) mass is 596 g/mol. The number of hydrazone groups is 1. The van der Waals surface area contributed by atoms with Gasteiger partial charge >= 0.3 is 0 Å². The zero-order valence-corrected chi connectivity index (χ0v) is 24.7. The van der Waals surface area contributed by atoms with Crippen molar-refractivity contribution in [1.29, 1.82) is 5.26 Å². The highest BCUT2D eigenvalue weighted by Gasteiger charge is 2.23. The van der Waals surface area contributed by atoms with E-state index in [2.05, 4.69) is 21.3 Å². The van der Waals surface area contributed by atoms with Gasteiger partial charge in [0.2, 0.25) is 15.9 Å². The Hall–Kier alpha value is -4.98. The lowest BCUT2D eigenvalue weighted by Gasteiger charge is -2.18. The molecule has 4 rings (SSSR count). The second-order valence-corrected chi connectivity index (χ2v) is 11.3. The van der Waals surface area contributed by atoms with Gasteiger partial charge in [0, 0.05) is 12.0 Å². The Kier molecular flexibility index (Phi) is 10.6. The highest BCUT2D eigenvalue weighted by molar-refractivity contribution is 7.89. The van der Waals surface area contributed by atoms with E-state index in [-0.39, 0.29) is 17.9 Å². The summed E-state index contributed by atoms with van der Waals surface area (Å²) in [6.45, 7) is 4.33. The van der Waals surface area contributed by atoms with Gasteiger partial charge in [-0.25, -0.2) is 18.6 Å². The standard InChI is InChI=1S/C33H32N4O5S/c1-3-41-32-19-25(15-18-31(32)42-23-28-12-8-7-11-27(28)21-34)22-35-36-33(38)20-30(26-9-5-4-6-10-26)37-43(39,40)29-16-13-24(2)14-17-29/h4-19,22,30,37H,3,20,23H2,1-2H3,(H,36,38)/b35-22-/t30-/m1/s1. The minimum absolute atomic E-state index is 0.115. The van der Waals surface area contributed by atoms with Crippen LogP contribution in [-0.4, -0.2) is 27.1 Å². The van der Waals surface area contributed by atoms with Crippen molar-refractivity contribution in [1.82, 2.24) is 10.1 Å². The molecule has 0 aliphatic rings. The van der Waals surface area contributed by atoms with Crippen LogP contribution in [0.25, 0.3) is 0 Å². The molecule has 0 aliphatic carbocycles. The highest BCUT2D eigenvalue weighted by atomic mass is 32.2. The van der Waals surface area contributed by atoms with Crippen molar-refractivity contribution in [2.24, 2.45) is 5.10 Å². The lowest BCUT2D eigenvalue weighted by molar-refractivity contribution is -0.121. The van der Waals surface area contributed by atoms with Gasteiger partial charge in [0.25, 0.3) is 0 Å². The fourth-order valence-electron chi connectivity index (χ4n) is 4.20. The number of ether oxygens (including phenoxy) is 2. The average Bonchev–Trinajstić information content (AvgIpc) is 3.01. The predicted molar refractivity (Wildman–Crippen MR) is 164 cm³/mol. The molecule has 0 unspecified atom stereocenters. The first-order valence-electron chi connectivity index (χ1n) is 13.6. The summed E-state index contributed by atoms with van der Waals surface area (Å²) < 4.78 is 40.5. The molecule has 0 saturated carbocycles. The fourth-order valence-corrected chi connectivity index (χ4v) is 5.42. The number of benzene rings is 4. The predicted octanol–water partition coefficient (Wildman–Crippen LogP) is 5.40. The number of sulfonamides is 1. The third-order valence-electron chi connectivity index (χ3n) is 6.41. The lowest BCUT2D eigenvalue weighted by atomic mass is 10.0. The maximum atomic E-state index is 13.1. The number of nitrogens with one attached hydrogen (secondary N) is 2. The number of amides is 1. The van der Waals surface area contributed by atoms with Gasteiger partial charge in [-0.05, 0) is 61.4 Å². The van der Waals surface area contributed by atoms with E-state index >= 15 is 0 Å². The molecular formula is C33H32N4O5S. The number of nitrogens with zero attached hydrogens (tertiary/aromatic N) is 2. The van der Waals surface area contributed by atoms with E-state index in [0.29, 0.717) is 34.8 Å². The quantitative estimate of drug-likeness (QED) is 0.157. The fraction of sp³-hybridized carbons (Fsp3) is 0.182. The Balaban J connectivity index is 1.42. The van der Waals surface area contributed by atoms with Crippen molar-refractivity contribution in [3.05, 3.63) is 125 Å². The summed E-state index contributed by atoms with van der Waals surface area (Å²) in [6.07, 6.45) is 1.29. The van der Waals surface area contributed by atoms with Crippen LogP contribution in [0.15, 0.2) is 107 Å². The van der Waals surface area contributed by atoms with Crippen molar-refractivity contribution >= 4 is 22.1 Å². The zero-order valence-electron chi connectivity index (χ0n) is 23.9. The van der Waals surface area contributed by atoms with Gasteiger partial charge in [0.15, 0.2) is 11.5 Å². The average molecular weight is 597 g/mol. The van der Waals surface area contributed by atoms with Crippen LogP contribution in [0.2, 0.25) is 0 Å². The molecule has 43 heavy (non-hydrogen) atoms. The van der Waals surface area contributed by atoms with E-state index in [1.165, 1.54) is 18.3 Å². The zero-order chi connectivity index (χ0) is 30.7. The molecule has 220 valence electrons. The van der Waals surface area contributed by atoms with Gasteiger partial charge in [-0.15, -0.1) is 0 Å². The molecule has 1 amide bonds. The minimum Gasteiger partial charge on any atom is -0.490 e. The molecule has 0 radical (unpaired) electrons. The van der Waals surface area contributed by atoms with Gasteiger partial charge in [-0.2, -0.15) is 10.4 Å². The van der Waals surface area contributed by atoms with Crippen molar-refractivity contribution in [2.45, 2.75) is 37.8 Å². The molecule has 0 heterocycles. The number of carbonyl (C=O) groups is 1. The van der Waals surface area contributed by atoms with E-state index in [0.717, 1.165) is 11.1 Å². The summed E-state index contributed by atoms with van der Waals surface area (Å²) in [5.74, 6) is 0.516. The van der Waals surface area contributed by atoms with Crippen LogP contribution in [0.1, 0.15) is 47.2 Å². The highest BCUT2D eigenvalue weighted by Crippen LogP contribution is 2.29. The molecule has 0 bridgehead atoms. The van der Waals surface area contributed by atoms with Crippen LogP contribution in [0, 0.1) is 18.3 Å². The molecule has 0 aromatic heterocycles. The van der Waals surface area contributed by atoms with Crippen LogP contribution < -0.4 is 19.6 Å². The Labute approximate surface area is 251 Å². The van der Waals surface area contributed by atoms with Crippen molar-refractivity contribution < 1.29 is 22.7 Å². The second kappa shape index (κ2) is 14.8. The first kappa shape index (κ1) is 31.0. The molecule has 1 atom stereocenters. The SMILES string of the molecule is CCOc1cc(/C=N\NC(=O)C[C@@H](NS(=O)(=O)c2ccc(C)cc2)c2ccccc2)ccc1OCc1ccccc1C#N. The summed E-state index contributed by atoms with van der Waals surface area (Å²) in [4.78, 5) is 13.0. The summed E-state index contributed by atoms with van der Waals surface area (Å²) in [7, 11) is -3.88. The number of carbonyl (C=O) groups excluding carboxylic acids is 1. The van der Waals surface area contributed by atoms with Crippen molar-refractivity contribution in [3.8, 4) is 17.6 Å². The van der Waals surface area contributed by atoms with Gasteiger partial charge in [0.05, 0.1) is 35.4 Å². The molecule has 0 saturated heterocycles. The largest absolute Gasteiger partial charge is 0.490 e. The molecule has 0 spiro atoms. The van der Waals surface area contributed by atoms with Gasteiger partial charge in [0.1, 0.15) is 6.61 Å². The minimum atomic E-state index is -3.88. The number of nitriles is 1. The Bertz CT molecular complexity index is 1720. The number of aryl methyl sites for hydroxylation is 1. The maximum Gasteiger partial charge on any atom is 0.242 e. The topological polar surface area (TPSA) is 130 Å². The molecule has 0 fully saturated rings. The smallest absolute Gasteiger partial charge is 0.242 e. The lowest BCUT2D eigenvalue weighted by Crippen LogP contribution is -2.32. The summed E-state index contributed by atoms with van der Waals surface area (Å²) in [5, 5.41) is 13.4. The molecule has 9 nitrogen and oxygen atoms in total. The van der Waals surface area contributed by atoms with Gasteiger partial charge < -0.3 is 9.47 Å². The molecule has 2 N–H and O–H groups in total. The van der Waals surface area contributed by atoms with Crippen molar-refractivity contribution in [3.63, 3.8) is 0 Å². The van der Waals surface area contributed by atoms with Crippen LogP contribution in [-0.2, 0) is 21.4 Å². The van der Waals surface area contributed by atoms with Crippen molar-refractivity contribution in [2.75, 3.05) is 6.61 Å². The molecule has 10 heteroatoms. The van der Waals surface area contributed by atoms with Crippen LogP contribution in [0.5, 0.6) is 11.5 Å². The van der Waals surface area contributed by atoms with Gasteiger partial charge in [-0.3, -0.25) is 4.79 Å². The number of hydrogen-bond acceptors (Lipinski definition) is 7. The number of rotatable bonds is 13. The van der Waals surface area contributed by atoms with Crippen LogP contribution in [0.3, 0.4) is 0 Å².